The van der Waals surface area contributed by atoms with Gasteiger partial charge in [0.2, 0.25) is 0 Å². The Morgan fingerprint density at radius 3 is 2.75 bits per heavy atom. The van der Waals surface area contributed by atoms with Gasteiger partial charge in [0.15, 0.2) is 0 Å². The molecular formula is C13H18ClNO. The lowest BCUT2D eigenvalue weighted by molar-refractivity contribution is 0.214. The molecule has 1 fully saturated rings. The highest BCUT2D eigenvalue weighted by molar-refractivity contribution is 6.31. The van der Waals surface area contributed by atoms with Crippen LogP contribution in [0.25, 0.3) is 0 Å². The predicted octanol–water partition coefficient (Wildman–Crippen LogP) is 3.17. The molecule has 88 valence electrons. The summed E-state index contributed by atoms with van der Waals surface area (Å²) in [6.07, 6.45) is 1.30. The zero-order valence-corrected chi connectivity index (χ0v) is 10.8. The van der Waals surface area contributed by atoms with E-state index in [4.69, 9.17) is 16.3 Å². The van der Waals surface area contributed by atoms with Crippen LogP contribution in [0.2, 0.25) is 5.02 Å². The molecule has 0 amide bonds. The molecule has 1 aliphatic rings. The van der Waals surface area contributed by atoms with E-state index in [9.17, 15) is 0 Å². The second-order valence-electron chi connectivity index (χ2n) is 5.12. The van der Waals surface area contributed by atoms with E-state index in [-0.39, 0.29) is 11.6 Å². The molecule has 1 aromatic carbocycles. The van der Waals surface area contributed by atoms with Gasteiger partial charge in [-0.05, 0) is 44.5 Å². The summed E-state index contributed by atoms with van der Waals surface area (Å²) in [4.78, 5) is 0. The highest BCUT2D eigenvalue weighted by atomic mass is 35.5. The van der Waals surface area contributed by atoms with Crippen LogP contribution in [0.5, 0.6) is 5.75 Å². The third-order valence-corrected chi connectivity index (χ3v) is 3.40. The average Bonchev–Trinajstić information content (AvgIpc) is 2.52. The van der Waals surface area contributed by atoms with Crippen LogP contribution in [0.1, 0.15) is 25.8 Å². The minimum absolute atomic E-state index is 0.187. The monoisotopic (exact) mass is 239 g/mol. The lowest BCUT2D eigenvalue weighted by atomic mass is 10.0. The molecule has 0 aromatic heterocycles. The van der Waals surface area contributed by atoms with Crippen LogP contribution in [-0.4, -0.2) is 18.2 Å². The Balaban J connectivity index is 2.02. The molecule has 2 nitrogen and oxygen atoms in total. The molecule has 0 radical (unpaired) electrons. The largest absolute Gasteiger partial charge is 0.489 e. The molecule has 0 spiro atoms. The Hall–Kier alpha value is -0.730. The zero-order chi connectivity index (χ0) is 11.8. The Kier molecular flexibility index (Phi) is 3.13. The molecule has 1 aliphatic heterocycles. The summed E-state index contributed by atoms with van der Waals surface area (Å²) in [5, 5.41) is 4.23. The maximum absolute atomic E-state index is 5.97. The lowest BCUT2D eigenvalue weighted by Crippen LogP contribution is -2.31. The number of nitrogens with one attached hydrogen (secondary N) is 1. The van der Waals surface area contributed by atoms with Gasteiger partial charge in [-0.15, -0.1) is 0 Å². The summed E-state index contributed by atoms with van der Waals surface area (Å²) in [7, 11) is 0. The van der Waals surface area contributed by atoms with E-state index in [1.165, 1.54) is 0 Å². The molecule has 0 saturated carbocycles. The number of halogens is 1. The van der Waals surface area contributed by atoms with Crippen molar-refractivity contribution in [3.8, 4) is 5.75 Å². The van der Waals surface area contributed by atoms with Gasteiger partial charge in [-0.1, -0.05) is 11.6 Å². The van der Waals surface area contributed by atoms with Crippen molar-refractivity contribution in [2.24, 2.45) is 0 Å². The van der Waals surface area contributed by atoms with E-state index in [0.29, 0.717) is 0 Å². The van der Waals surface area contributed by atoms with E-state index in [1.54, 1.807) is 0 Å². The van der Waals surface area contributed by atoms with Crippen LogP contribution in [0.4, 0.5) is 0 Å². The molecule has 16 heavy (non-hydrogen) atoms. The Morgan fingerprint density at radius 2 is 2.19 bits per heavy atom. The molecule has 0 aliphatic carbocycles. The highest BCUT2D eigenvalue weighted by Crippen LogP contribution is 2.25. The number of benzene rings is 1. The van der Waals surface area contributed by atoms with Crippen LogP contribution in [0, 0.1) is 6.92 Å². The number of aryl methyl sites for hydroxylation is 1. The van der Waals surface area contributed by atoms with Gasteiger partial charge in [0.1, 0.15) is 11.9 Å². The molecule has 1 saturated heterocycles. The van der Waals surface area contributed by atoms with Gasteiger partial charge >= 0.3 is 0 Å². The Morgan fingerprint density at radius 1 is 1.44 bits per heavy atom. The first-order valence-electron chi connectivity index (χ1n) is 5.64. The lowest BCUT2D eigenvalue weighted by Gasteiger charge is -2.17. The first-order valence-corrected chi connectivity index (χ1v) is 6.02. The average molecular weight is 240 g/mol. The van der Waals surface area contributed by atoms with Crippen molar-refractivity contribution in [3.63, 3.8) is 0 Å². The third kappa shape index (κ3) is 2.69. The number of hydrogen-bond acceptors (Lipinski definition) is 2. The molecule has 0 bridgehead atoms. The zero-order valence-electron chi connectivity index (χ0n) is 10.0. The van der Waals surface area contributed by atoms with Gasteiger partial charge in [-0.25, -0.2) is 0 Å². The van der Waals surface area contributed by atoms with Crippen LogP contribution >= 0.6 is 11.6 Å². The molecule has 2 rings (SSSR count). The van der Waals surface area contributed by atoms with Crippen molar-refractivity contribution in [1.82, 2.24) is 5.32 Å². The van der Waals surface area contributed by atoms with Crippen molar-refractivity contribution >= 4 is 11.6 Å². The number of hydrogen-bond donors (Lipinski definition) is 1. The molecule has 1 atom stereocenters. The Labute approximate surface area is 102 Å². The summed E-state index contributed by atoms with van der Waals surface area (Å²) < 4.78 is 5.93. The minimum atomic E-state index is 0.187. The molecule has 1 aromatic rings. The van der Waals surface area contributed by atoms with Gasteiger partial charge in [0.05, 0.1) is 0 Å². The summed E-state index contributed by atoms with van der Waals surface area (Å²) in [6.45, 7) is 7.30. The SMILES string of the molecule is Cc1cc(OC2CNC(C)(C)C2)ccc1Cl. The van der Waals surface area contributed by atoms with Crippen molar-refractivity contribution in [3.05, 3.63) is 28.8 Å². The standard InChI is InChI=1S/C13H18ClNO/c1-9-6-10(4-5-12(9)14)16-11-7-13(2,3)15-8-11/h4-6,11,15H,7-8H2,1-3H3. The quantitative estimate of drug-likeness (QED) is 0.856. The summed E-state index contributed by atoms with van der Waals surface area (Å²) >= 11 is 5.97. The second-order valence-corrected chi connectivity index (χ2v) is 5.53. The van der Waals surface area contributed by atoms with Crippen molar-refractivity contribution in [2.75, 3.05) is 6.54 Å². The fourth-order valence-electron chi connectivity index (χ4n) is 2.07. The third-order valence-electron chi connectivity index (χ3n) is 2.98. The van der Waals surface area contributed by atoms with Gasteiger partial charge in [0, 0.05) is 23.5 Å². The topological polar surface area (TPSA) is 21.3 Å². The van der Waals surface area contributed by atoms with Crippen molar-refractivity contribution < 1.29 is 4.74 Å². The first kappa shape index (κ1) is 11.7. The van der Waals surface area contributed by atoms with E-state index < -0.39 is 0 Å². The second kappa shape index (κ2) is 4.27. The molecule has 3 heteroatoms. The first-order chi connectivity index (χ1) is 7.46. The summed E-state index contributed by atoms with van der Waals surface area (Å²) in [6, 6.07) is 5.81. The van der Waals surface area contributed by atoms with E-state index in [1.807, 2.05) is 25.1 Å². The minimum Gasteiger partial charge on any atom is -0.489 e. The van der Waals surface area contributed by atoms with Crippen LogP contribution in [0.3, 0.4) is 0 Å². The van der Waals surface area contributed by atoms with Crippen LogP contribution in [-0.2, 0) is 0 Å². The summed E-state index contributed by atoms with van der Waals surface area (Å²) in [5.41, 5.74) is 1.25. The van der Waals surface area contributed by atoms with Gasteiger partial charge < -0.3 is 10.1 Å². The smallest absolute Gasteiger partial charge is 0.120 e. The van der Waals surface area contributed by atoms with Crippen molar-refractivity contribution in [1.29, 1.82) is 0 Å². The molecule has 1 N–H and O–H groups in total. The highest BCUT2D eigenvalue weighted by Gasteiger charge is 2.31. The molecule has 1 heterocycles. The van der Waals surface area contributed by atoms with Gasteiger partial charge in [-0.3, -0.25) is 0 Å². The Bertz CT molecular complexity index is 390. The van der Waals surface area contributed by atoms with Gasteiger partial charge in [0.25, 0.3) is 0 Å². The fraction of sp³-hybridized carbons (Fsp3) is 0.538. The summed E-state index contributed by atoms with van der Waals surface area (Å²) in [5.74, 6) is 0.909. The predicted molar refractivity (Wildman–Crippen MR) is 67.3 cm³/mol. The normalized spacial score (nSPS) is 23.4. The van der Waals surface area contributed by atoms with Crippen LogP contribution in [0.15, 0.2) is 18.2 Å². The maximum Gasteiger partial charge on any atom is 0.120 e. The van der Waals surface area contributed by atoms with Crippen molar-refractivity contribution in [2.45, 2.75) is 38.8 Å². The maximum atomic E-state index is 5.97. The number of ether oxygens (including phenoxy) is 1. The van der Waals surface area contributed by atoms with E-state index >= 15 is 0 Å². The van der Waals surface area contributed by atoms with Crippen LogP contribution < -0.4 is 10.1 Å². The fourth-order valence-corrected chi connectivity index (χ4v) is 2.19. The molecule has 1 unspecified atom stereocenters. The number of rotatable bonds is 2. The van der Waals surface area contributed by atoms with Gasteiger partial charge in [-0.2, -0.15) is 0 Å². The molecular weight excluding hydrogens is 222 g/mol. The van der Waals surface area contributed by atoms with E-state index in [0.717, 1.165) is 29.3 Å². The van der Waals surface area contributed by atoms with E-state index in [2.05, 4.69) is 19.2 Å².